The summed E-state index contributed by atoms with van der Waals surface area (Å²) in [7, 11) is 0. The summed E-state index contributed by atoms with van der Waals surface area (Å²) in [6.07, 6.45) is 7.59. The van der Waals surface area contributed by atoms with E-state index in [-0.39, 0.29) is 28.9 Å². The van der Waals surface area contributed by atoms with Crippen molar-refractivity contribution in [2.45, 2.75) is 63.2 Å². The molecule has 126 valence electrons. The molecule has 1 aliphatic carbocycles. The van der Waals surface area contributed by atoms with E-state index in [1.54, 1.807) is 12.1 Å². The summed E-state index contributed by atoms with van der Waals surface area (Å²) in [6, 6.07) is 4.91. The number of nitro benzene ring substituents is 1. The van der Waals surface area contributed by atoms with Crippen molar-refractivity contribution in [3.05, 3.63) is 33.9 Å². The Morgan fingerprint density at radius 2 is 2.13 bits per heavy atom. The van der Waals surface area contributed by atoms with Crippen LogP contribution in [-0.2, 0) is 11.3 Å². The van der Waals surface area contributed by atoms with Crippen molar-refractivity contribution in [2.24, 2.45) is 0 Å². The molecule has 1 saturated heterocycles. The van der Waals surface area contributed by atoms with Crippen LogP contribution in [0.3, 0.4) is 0 Å². The maximum absolute atomic E-state index is 11.2. The van der Waals surface area contributed by atoms with Gasteiger partial charge in [-0.1, -0.05) is 19.3 Å². The first-order valence-electron chi connectivity index (χ1n) is 8.41. The number of benzene rings is 1. The minimum absolute atomic E-state index is 0.0441. The number of aliphatic hydroxyl groups excluding tert-OH is 1. The number of nitrogens with zero attached hydrogens (tertiary/aromatic N) is 1. The summed E-state index contributed by atoms with van der Waals surface area (Å²) in [5.41, 5.74) is 1.20. The average molecular weight is 320 g/mol. The van der Waals surface area contributed by atoms with Crippen LogP contribution in [-0.4, -0.2) is 28.3 Å². The van der Waals surface area contributed by atoms with E-state index < -0.39 is 0 Å². The van der Waals surface area contributed by atoms with Gasteiger partial charge in [0.05, 0.1) is 17.1 Å². The van der Waals surface area contributed by atoms with Crippen LogP contribution >= 0.6 is 0 Å². The Morgan fingerprint density at radius 3 is 2.83 bits per heavy atom. The van der Waals surface area contributed by atoms with E-state index in [0.29, 0.717) is 17.9 Å². The van der Waals surface area contributed by atoms with Crippen molar-refractivity contribution in [2.75, 3.05) is 11.9 Å². The number of anilines is 1. The molecule has 6 nitrogen and oxygen atoms in total. The minimum Gasteiger partial charge on any atom is -0.392 e. The summed E-state index contributed by atoms with van der Waals surface area (Å²) >= 11 is 0. The Kier molecular flexibility index (Phi) is 4.82. The number of hydrogen-bond acceptors (Lipinski definition) is 5. The maximum Gasteiger partial charge on any atom is 0.292 e. The molecule has 1 aromatic rings. The third-order valence-corrected chi connectivity index (χ3v) is 5.06. The molecular weight excluding hydrogens is 296 g/mol. The number of nitro groups is 1. The lowest BCUT2D eigenvalue weighted by molar-refractivity contribution is -0.384. The molecule has 3 rings (SSSR count). The lowest BCUT2D eigenvalue weighted by atomic mass is 9.78. The van der Waals surface area contributed by atoms with Crippen molar-refractivity contribution in [1.29, 1.82) is 0 Å². The first kappa shape index (κ1) is 16.2. The van der Waals surface area contributed by atoms with Gasteiger partial charge in [-0.3, -0.25) is 10.1 Å². The van der Waals surface area contributed by atoms with Crippen LogP contribution < -0.4 is 5.32 Å². The first-order chi connectivity index (χ1) is 11.1. The molecule has 1 unspecified atom stereocenters. The van der Waals surface area contributed by atoms with E-state index in [4.69, 9.17) is 4.74 Å². The van der Waals surface area contributed by atoms with E-state index in [1.807, 2.05) is 0 Å². The van der Waals surface area contributed by atoms with Gasteiger partial charge < -0.3 is 15.2 Å². The lowest BCUT2D eigenvalue weighted by Gasteiger charge is -2.43. The smallest absolute Gasteiger partial charge is 0.292 e. The number of nitrogens with one attached hydrogen (secondary N) is 1. The Labute approximate surface area is 136 Å². The van der Waals surface area contributed by atoms with Crippen LogP contribution in [0.4, 0.5) is 11.4 Å². The van der Waals surface area contributed by atoms with Crippen LogP contribution in [0, 0.1) is 10.1 Å². The van der Waals surface area contributed by atoms with Gasteiger partial charge in [0.2, 0.25) is 0 Å². The molecule has 2 N–H and O–H groups in total. The van der Waals surface area contributed by atoms with Crippen molar-refractivity contribution in [1.82, 2.24) is 0 Å². The molecule has 2 fully saturated rings. The van der Waals surface area contributed by atoms with E-state index in [2.05, 4.69) is 5.32 Å². The molecule has 0 amide bonds. The van der Waals surface area contributed by atoms with Gasteiger partial charge in [-0.15, -0.1) is 0 Å². The Balaban J connectivity index is 1.76. The predicted molar refractivity (Wildman–Crippen MR) is 87.4 cm³/mol. The summed E-state index contributed by atoms with van der Waals surface area (Å²) in [4.78, 5) is 10.9. The highest BCUT2D eigenvalue weighted by Gasteiger charge is 2.38. The molecule has 23 heavy (non-hydrogen) atoms. The molecule has 2 aliphatic rings. The third-order valence-electron chi connectivity index (χ3n) is 5.06. The van der Waals surface area contributed by atoms with Crippen LogP contribution in [0.1, 0.15) is 50.5 Å². The van der Waals surface area contributed by atoms with Crippen LogP contribution in [0.15, 0.2) is 18.2 Å². The van der Waals surface area contributed by atoms with Gasteiger partial charge in [0.25, 0.3) is 5.69 Å². The van der Waals surface area contributed by atoms with Gasteiger partial charge in [-0.05, 0) is 43.4 Å². The summed E-state index contributed by atoms with van der Waals surface area (Å²) in [5, 5.41) is 23.9. The van der Waals surface area contributed by atoms with E-state index in [9.17, 15) is 15.2 Å². The fourth-order valence-electron chi connectivity index (χ4n) is 3.87. The van der Waals surface area contributed by atoms with Gasteiger partial charge in [-0.25, -0.2) is 0 Å². The molecule has 1 heterocycles. The van der Waals surface area contributed by atoms with E-state index in [0.717, 1.165) is 25.7 Å². The third kappa shape index (κ3) is 3.64. The molecular formula is C17H24N2O4. The van der Waals surface area contributed by atoms with Gasteiger partial charge in [0.1, 0.15) is 5.69 Å². The standard InChI is InChI=1S/C17H24N2O4/c20-12-13-4-5-16(19(21)22)15(10-13)18-14-6-9-23-17(11-14)7-2-1-3-8-17/h4-5,10,14,18,20H,1-3,6-9,11-12H2. The second kappa shape index (κ2) is 6.84. The Bertz CT molecular complexity index is 564. The van der Waals surface area contributed by atoms with Crippen LogP contribution in [0.25, 0.3) is 0 Å². The number of hydrogen-bond donors (Lipinski definition) is 2. The Hall–Kier alpha value is -1.66. The fourth-order valence-corrected chi connectivity index (χ4v) is 3.87. The molecule has 6 heteroatoms. The van der Waals surface area contributed by atoms with Crippen molar-refractivity contribution < 1.29 is 14.8 Å². The molecule has 0 bridgehead atoms. The van der Waals surface area contributed by atoms with Gasteiger partial charge in [0, 0.05) is 18.7 Å². The lowest BCUT2D eigenvalue weighted by Crippen LogP contribution is -2.45. The molecule has 1 aliphatic heterocycles. The van der Waals surface area contributed by atoms with Gasteiger partial charge in [-0.2, -0.15) is 0 Å². The van der Waals surface area contributed by atoms with Crippen LogP contribution in [0.5, 0.6) is 0 Å². The highest BCUT2D eigenvalue weighted by Crippen LogP contribution is 2.40. The van der Waals surface area contributed by atoms with E-state index >= 15 is 0 Å². The van der Waals surface area contributed by atoms with Gasteiger partial charge >= 0.3 is 0 Å². The van der Waals surface area contributed by atoms with Crippen molar-refractivity contribution >= 4 is 11.4 Å². The summed E-state index contributed by atoms with van der Waals surface area (Å²) < 4.78 is 6.08. The second-order valence-corrected chi connectivity index (χ2v) is 6.69. The van der Waals surface area contributed by atoms with Crippen molar-refractivity contribution in [3.8, 4) is 0 Å². The normalized spacial score (nSPS) is 23.6. The van der Waals surface area contributed by atoms with Crippen LogP contribution in [0.2, 0.25) is 0 Å². The summed E-state index contributed by atoms with van der Waals surface area (Å²) in [6.45, 7) is 0.579. The number of rotatable bonds is 4. The number of aliphatic hydroxyl groups is 1. The summed E-state index contributed by atoms with van der Waals surface area (Å²) in [5.74, 6) is 0. The SMILES string of the molecule is O=[N+]([O-])c1ccc(CO)cc1NC1CCOC2(CCCCC2)C1. The zero-order valence-electron chi connectivity index (χ0n) is 13.3. The maximum atomic E-state index is 11.2. The average Bonchev–Trinajstić information content (AvgIpc) is 2.55. The van der Waals surface area contributed by atoms with Crippen molar-refractivity contribution in [3.63, 3.8) is 0 Å². The highest BCUT2D eigenvalue weighted by atomic mass is 16.6. The van der Waals surface area contributed by atoms with E-state index in [1.165, 1.54) is 25.3 Å². The molecule has 0 aromatic heterocycles. The zero-order chi connectivity index (χ0) is 16.3. The topological polar surface area (TPSA) is 84.6 Å². The largest absolute Gasteiger partial charge is 0.392 e. The quantitative estimate of drug-likeness (QED) is 0.656. The molecule has 1 atom stereocenters. The first-order valence-corrected chi connectivity index (χ1v) is 8.41. The molecule has 1 spiro atoms. The Morgan fingerprint density at radius 1 is 1.35 bits per heavy atom. The second-order valence-electron chi connectivity index (χ2n) is 6.69. The molecule has 1 aromatic carbocycles. The highest BCUT2D eigenvalue weighted by molar-refractivity contribution is 5.63. The molecule has 1 saturated carbocycles. The fraction of sp³-hybridized carbons (Fsp3) is 0.647. The monoisotopic (exact) mass is 320 g/mol. The number of ether oxygens (including phenoxy) is 1. The molecule has 0 radical (unpaired) electrons. The van der Waals surface area contributed by atoms with Gasteiger partial charge in [0.15, 0.2) is 0 Å². The minimum atomic E-state index is -0.376. The zero-order valence-corrected chi connectivity index (χ0v) is 13.3. The predicted octanol–water partition coefficient (Wildman–Crippen LogP) is 3.38.